The normalized spacial score (nSPS) is 22.9. The molecular formula is C14H26N2O3. The molecule has 19 heavy (non-hydrogen) atoms. The van der Waals surface area contributed by atoms with Gasteiger partial charge in [0.25, 0.3) is 0 Å². The third-order valence-electron chi connectivity index (χ3n) is 3.62. The summed E-state index contributed by atoms with van der Waals surface area (Å²) in [6.07, 6.45) is 2.11. The smallest absolute Gasteiger partial charge is 0.314 e. The molecule has 0 heterocycles. The molecule has 0 saturated heterocycles. The lowest BCUT2D eigenvalue weighted by atomic mass is 9.94. The molecular weight excluding hydrogens is 244 g/mol. The number of carbonyl (C=O) groups excluding carboxylic acids is 1. The summed E-state index contributed by atoms with van der Waals surface area (Å²) in [5.41, 5.74) is 0. The zero-order valence-electron chi connectivity index (χ0n) is 12.1. The van der Waals surface area contributed by atoms with Crippen molar-refractivity contribution in [3.05, 3.63) is 0 Å². The van der Waals surface area contributed by atoms with Gasteiger partial charge in [-0.15, -0.1) is 0 Å². The Bertz CT molecular complexity index is 318. The summed E-state index contributed by atoms with van der Waals surface area (Å²) in [6.45, 7) is 7.44. The van der Waals surface area contributed by atoms with E-state index in [2.05, 4.69) is 31.4 Å². The van der Waals surface area contributed by atoms with Crippen molar-refractivity contribution in [2.24, 2.45) is 23.7 Å². The van der Waals surface area contributed by atoms with Gasteiger partial charge >= 0.3 is 12.0 Å². The molecule has 5 nitrogen and oxygen atoms in total. The Balaban J connectivity index is 2.21. The number of urea groups is 1. The molecule has 1 aliphatic rings. The van der Waals surface area contributed by atoms with Crippen LogP contribution < -0.4 is 10.6 Å². The lowest BCUT2D eigenvalue weighted by molar-refractivity contribution is -0.138. The molecule has 0 aromatic heterocycles. The van der Waals surface area contributed by atoms with E-state index in [0.717, 1.165) is 18.9 Å². The predicted octanol–water partition coefficient (Wildman–Crippen LogP) is 2.08. The van der Waals surface area contributed by atoms with Crippen LogP contribution >= 0.6 is 0 Å². The summed E-state index contributed by atoms with van der Waals surface area (Å²) in [7, 11) is 0. The molecule has 3 atom stereocenters. The molecule has 1 saturated carbocycles. The SMILES string of the molecule is CC(C)C[C@H](CNC(=O)NCC1CC1C)CC(=O)O. The number of carboxylic acids is 1. The van der Waals surface area contributed by atoms with E-state index in [1.807, 2.05) is 0 Å². The fourth-order valence-corrected chi connectivity index (χ4v) is 2.36. The van der Waals surface area contributed by atoms with Crippen molar-refractivity contribution < 1.29 is 14.7 Å². The Morgan fingerprint density at radius 3 is 2.42 bits per heavy atom. The maximum Gasteiger partial charge on any atom is 0.314 e. The highest BCUT2D eigenvalue weighted by Crippen LogP contribution is 2.36. The molecule has 0 aromatic carbocycles. The molecule has 0 bridgehead atoms. The Kier molecular flexibility index (Phi) is 6.12. The lowest BCUT2D eigenvalue weighted by Crippen LogP contribution is -2.39. The minimum Gasteiger partial charge on any atom is -0.481 e. The quantitative estimate of drug-likeness (QED) is 0.632. The first-order valence-corrected chi connectivity index (χ1v) is 7.12. The highest BCUT2D eigenvalue weighted by Gasteiger charge is 2.32. The van der Waals surface area contributed by atoms with Crippen LogP contribution in [-0.2, 0) is 4.79 Å². The van der Waals surface area contributed by atoms with E-state index in [4.69, 9.17) is 5.11 Å². The van der Waals surface area contributed by atoms with E-state index in [1.165, 1.54) is 6.42 Å². The minimum atomic E-state index is -0.806. The van der Waals surface area contributed by atoms with Crippen LogP contribution in [-0.4, -0.2) is 30.2 Å². The standard InChI is InChI=1S/C14H26N2O3/c1-9(2)4-11(6-13(17)18)7-15-14(19)16-8-12-5-10(12)3/h9-12H,4-8H2,1-3H3,(H,17,18)(H2,15,16,19)/t10?,11-,12?/m0/s1. The topological polar surface area (TPSA) is 78.4 Å². The van der Waals surface area contributed by atoms with Crippen LogP contribution in [0.25, 0.3) is 0 Å². The Morgan fingerprint density at radius 2 is 1.95 bits per heavy atom. The summed E-state index contributed by atoms with van der Waals surface area (Å²) >= 11 is 0. The van der Waals surface area contributed by atoms with Gasteiger partial charge in [-0.3, -0.25) is 4.79 Å². The zero-order valence-corrected chi connectivity index (χ0v) is 12.1. The number of aliphatic carboxylic acids is 1. The maximum atomic E-state index is 11.6. The van der Waals surface area contributed by atoms with Gasteiger partial charge in [-0.2, -0.15) is 0 Å². The first-order valence-electron chi connectivity index (χ1n) is 7.12. The summed E-state index contributed by atoms with van der Waals surface area (Å²) in [4.78, 5) is 22.4. The van der Waals surface area contributed by atoms with Crippen molar-refractivity contribution in [3.63, 3.8) is 0 Å². The van der Waals surface area contributed by atoms with E-state index in [0.29, 0.717) is 18.4 Å². The molecule has 0 aromatic rings. The van der Waals surface area contributed by atoms with Crippen LogP contribution in [0.5, 0.6) is 0 Å². The fourth-order valence-electron chi connectivity index (χ4n) is 2.36. The van der Waals surface area contributed by atoms with Crippen LogP contribution in [0.2, 0.25) is 0 Å². The van der Waals surface area contributed by atoms with E-state index in [9.17, 15) is 9.59 Å². The average Bonchev–Trinajstić information content (AvgIpc) is 2.98. The Labute approximate surface area is 115 Å². The Hall–Kier alpha value is -1.26. The molecule has 2 unspecified atom stereocenters. The van der Waals surface area contributed by atoms with Crippen molar-refractivity contribution in [3.8, 4) is 0 Å². The molecule has 1 rings (SSSR count). The van der Waals surface area contributed by atoms with Crippen molar-refractivity contribution in [2.75, 3.05) is 13.1 Å². The highest BCUT2D eigenvalue weighted by molar-refractivity contribution is 5.74. The van der Waals surface area contributed by atoms with Crippen molar-refractivity contribution in [2.45, 2.75) is 40.0 Å². The van der Waals surface area contributed by atoms with E-state index < -0.39 is 5.97 Å². The first-order chi connectivity index (χ1) is 8.88. The van der Waals surface area contributed by atoms with Gasteiger partial charge in [-0.05, 0) is 36.5 Å². The van der Waals surface area contributed by atoms with Gasteiger partial charge in [0.05, 0.1) is 0 Å². The van der Waals surface area contributed by atoms with Gasteiger partial charge in [0.1, 0.15) is 0 Å². The monoisotopic (exact) mass is 270 g/mol. The summed E-state index contributed by atoms with van der Waals surface area (Å²) in [6, 6.07) is -0.182. The molecule has 110 valence electrons. The van der Waals surface area contributed by atoms with Crippen LogP contribution in [0.15, 0.2) is 0 Å². The third-order valence-corrected chi connectivity index (χ3v) is 3.62. The van der Waals surface area contributed by atoms with Crippen molar-refractivity contribution in [1.29, 1.82) is 0 Å². The van der Waals surface area contributed by atoms with Gasteiger partial charge < -0.3 is 15.7 Å². The van der Waals surface area contributed by atoms with Crippen LogP contribution in [0.1, 0.15) is 40.0 Å². The largest absolute Gasteiger partial charge is 0.481 e. The summed E-state index contributed by atoms with van der Waals surface area (Å²) in [5.74, 6) is 0.974. The highest BCUT2D eigenvalue weighted by atomic mass is 16.4. The van der Waals surface area contributed by atoms with Crippen LogP contribution in [0.4, 0.5) is 4.79 Å². The molecule has 5 heteroatoms. The number of hydrogen-bond donors (Lipinski definition) is 3. The van der Waals surface area contributed by atoms with E-state index >= 15 is 0 Å². The number of nitrogens with one attached hydrogen (secondary N) is 2. The summed E-state index contributed by atoms with van der Waals surface area (Å²) in [5, 5.41) is 14.5. The van der Waals surface area contributed by atoms with Gasteiger partial charge in [0, 0.05) is 19.5 Å². The molecule has 1 aliphatic carbocycles. The van der Waals surface area contributed by atoms with Crippen LogP contribution in [0, 0.1) is 23.7 Å². The number of rotatable bonds is 8. The second-order valence-electron chi connectivity index (χ2n) is 6.16. The average molecular weight is 270 g/mol. The molecule has 0 radical (unpaired) electrons. The number of amides is 2. The molecule has 3 N–H and O–H groups in total. The molecule has 2 amide bonds. The second-order valence-corrected chi connectivity index (χ2v) is 6.16. The zero-order chi connectivity index (χ0) is 14.4. The van der Waals surface area contributed by atoms with Crippen molar-refractivity contribution >= 4 is 12.0 Å². The molecule has 0 aliphatic heterocycles. The minimum absolute atomic E-state index is 0.00287. The maximum absolute atomic E-state index is 11.6. The molecule has 1 fully saturated rings. The van der Waals surface area contributed by atoms with Crippen LogP contribution in [0.3, 0.4) is 0 Å². The van der Waals surface area contributed by atoms with Gasteiger partial charge in [0.15, 0.2) is 0 Å². The van der Waals surface area contributed by atoms with E-state index in [1.54, 1.807) is 0 Å². The third kappa shape index (κ3) is 7.03. The van der Waals surface area contributed by atoms with Crippen molar-refractivity contribution in [1.82, 2.24) is 10.6 Å². The fraction of sp³-hybridized carbons (Fsp3) is 0.857. The predicted molar refractivity (Wildman–Crippen MR) is 73.9 cm³/mol. The van der Waals surface area contributed by atoms with Gasteiger partial charge in [-0.25, -0.2) is 4.79 Å². The number of carbonyl (C=O) groups is 2. The van der Waals surface area contributed by atoms with Gasteiger partial charge in [-0.1, -0.05) is 20.8 Å². The van der Waals surface area contributed by atoms with E-state index in [-0.39, 0.29) is 18.4 Å². The summed E-state index contributed by atoms with van der Waals surface area (Å²) < 4.78 is 0. The number of hydrogen-bond acceptors (Lipinski definition) is 2. The number of carboxylic acid groups (broad SMARTS) is 1. The van der Waals surface area contributed by atoms with Gasteiger partial charge in [0.2, 0.25) is 0 Å². The first kappa shape index (κ1) is 15.8. The Morgan fingerprint density at radius 1 is 1.32 bits per heavy atom. The second kappa shape index (κ2) is 7.36. The lowest BCUT2D eigenvalue weighted by Gasteiger charge is -2.18. The molecule has 0 spiro atoms.